The average molecular weight is 316 g/mol. The summed E-state index contributed by atoms with van der Waals surface area (Å²) in [6, 6.07) is 4.45. The fourth-order valence-corrected chi connectivity index (χ4v) is 3.74. The summed E-state index contributed by atoms with van der Waals surface area (Å²) in [5.74, 6) is 0.792. The SMILES string of the molecule is O=C(CCBr)NC(c1cccs1)C1CCCC1. The first kappa shape index (κ1) is 13.1. The van der Waals surface area contributed by atoms with Crippen LogP contribution < -0.4 is 5.32 Å². The van der Waals surface area contributed by atoms with Crippen molar-refractivity contribution >= 4 is 33.2 Å². The minimum Gasteiger partial charge on any atom is -0.348 e. The summed E-state index contributed by atoms with van der Waals surface area (Å²) in [4.78, 5) is 13.1. The first-order valence-electron chi connectivity index (χ1n) is 6.20. The van der Waals surface area contributed by atoms with Gasteiger partial charge in [0.2, 0.25) is 5.91 Å². The van der Waals surface area contributed by atoms with E-state index in [2.05, 4.69) is 38.8 Å². The highest BCUT2D eigenvalue weighted by atomic mass is 79.9. The minimum atomic E-state index is 0.159. The Labute approximate surface area is 115 Å². The lowest BCUT2D eigenvalue weighted by Crippen LogP contribution is -2.32. The molecule has 1 unspecified atom stereocenters. The van der Waals surface area contributed by atoms with E-state index in [-0.39, 0.29) is 11.9 Å². The molecular formula is C13H18BrNOS. The van der Waals surface area contributed by atoms with Crippen LogP contribution in [0.2, 0.25) is 0 Å². The smallest absolute Gasteiger partial charge is 0.221 e. The number of hydrogen-bond acceptors (Lipinski definition) is 2. The van der Waals surface area contributed by atoms with Gasteiger partial charge in [0.05, 0.1) is 6.04 Å². The van der Waals surface area contributed by atoms with Gasteiger partial charge in [-0.15, -0.1) is 11.3 Å². The van der Waals surface area contributed by atoms with Crippen molar-refractivity contribution in [3.63, 3.8) is 0 Å². The summed E-state index contributed by atoms with van der Waals surface area (Å²) >= 11 is 5.07. The molecule has 0 aromatic carbocycles. The average Bonchev–Trinajstić information content (AvgIpc) is 3.00. The minimum absolute atomic E-state index is 0.159. The number of halogens is 1. The fourth-order valence-electron chi connectivity index (χ4n) is 2.51. The summed E-state index contributed by atoms with van der Waals surface area (Å²) in [6.45, 7) is 0. The second kappa shape index (κ2) is 6.55. The van der Waals surface area contributed by atoms with E-state index >= 15 is 0 Å². The highest BCUT2D eigenvalue weighted by molar-refractivity contribution is 9.09. The Hall–Kier alpha value is -0.350. The number of carbonyl (C=O) groups is 1. The number of alkyl halides is 1. The van der Waals surface area contributed by atoms with E-state index in [0.29, 0.717) is 12.3 Å². The topological polar surface area (TPSA) is 29.1 Å². The summed E-state index contributed by atoms with van der Waals surface area (Å²) in [7, 11) is 0. The van der Waals surface area contributed by atoms with E-state index in [9.17, 15) is 4.79 Å². The molecule has 0 aliphatic heterocycles. The van der Waals surface area contributed by atoms with E-state index in [4.69, 9.17) is 0 Å². The number of carbonyl (C=O) groups excluding carboxylic acids is 1. The van der Waals surface area contributed by atoms with Crippen molar-refractivity contribution in [2.24, 2.45) is 5.92 Å². The van der Waals surface area contributed by atoms with E-state index in [0.717, 1.165) is 5.33 Å². The van der Waals surface area contributed by atoms with Crippen molar-refractivity contribution in [3.05, 3.63) is 22.4 Å². The maximum atomic E-state index is 11.8. The zero-order valence-corrected chi connectivity index (χ0v) is 12.2. The molecule has 0 radical (unpaired) electrons. The molecule has 0 spiro atoms. The quantitative estimate of drug-likeness (QED) is 0.821. The van der Waals surface area contributed by atoms with E-state index in [1.807, 2.05) is 0 Å². The van der Waals surface area contributed by atoms with Gasteiger partial charge in [-0.2, -0.15) is 0 Å². The van der Waals surface area contributed by atoms with Gasteiger partial charge < -0.3 is 5.32 Å². The Morgan fingerprint density at radius 1 is 1.53 bits per heavy atom. The molecule has 1 aromatic rings. The summed E-state index contributed by atoms with van der Waals surface area (Å²) in [5, 5.41) is 6.03. The fraction of sp³-hybridized carbons (Fsp3) is 0.615. The molecule has 4 heteroatoms. The van der Waals surface area contributed by atoms with Crippen LogP contribution in [0.5, 0.6) is 0 Å². The lowest BCUT2D eigenvalue weighted by molar-refractivity contribution is -0.121. The van der Waals surface area contributed by atoms with E-state index in [1.54, 1.807) is 11.3 Å². The highest BCUT2D eigenvalue weighted by Crippen LogP contribution is 2.37. The zero-order valence-electron chi connectivity index (χ0n) is 9.82. The maximum absolute atomic E-state index is 11.8. The Balaban J connectivity index is 2.04. The van der Waals surface area contributed by atoms with Gasteiger partial charge in [0.15, 0.2) is 0 Å². The van der Waals surface area contributed by atoms with Crippen LogP contribution in [0.25, 0.3) is 0 Å². The van der Waals surface area contributed by atoms with Gasteiger partial charge in [0, 0.05) is 16.6 Å². The second-order valence-electron chi connectivity index (χ2n) is 4.54. The Morgan fingerprint density at radius 3 is 2.88 bits per heavy atom. The summed E-state index contributed by atoms with van der Waals surface area (Å²) < 4.78 is 0. The number of hydrogen-bond donors (Lipinski definition) is 1. The Kier molecular flexibility index (Phi) is 5.04. The van der Waals surface area contributed by atoms with Crippen LogP contribution in [-0.4, -0.2) is 11.2 Å². The van der Waals surface area contributed by atoms with Crippen LogP contribution in [0.15, 0.2) is 17.5 Å². The molecule has 1 fully saturated rings. The van der Waals surface area contributed by atoms with E-state index in [1.165, 1.54) is 30.6 Å². The van der Waals surface area contributed by atoms with Crippen molar-refractivity contribution in [1.82, 2.24) is 5.32 Å². The molecular weight excluding hydrogens is 298 g/mol. The molecule has 1 aliphatic rings. The second-order valence-corrected chi connectivity index (χ2v) is 6.32. The number of rotatable bonds is 5. The predicted molar refractivity (Wildman–Crippen MR) is 75.6 cm³/mol. The monoisotopic (exact) mass is 315 g/mol. The Bertz CT molecular complexity index is 346. The summed E-state index contributed by atoms with van der Waals surface area (Å²) in [6.07, 6.45) is 5.67. The van der Waals surface area contributed by atoms with E-state index < -0.39 is 0 Å². The van der Waals surface area contributed by atoms with Crippen LogP contribution in [0.4, 0.5) is 0 Å². The van der Waals surface area contributed by atoms with Gasteiger partial charge in [-0.25, -0.2) is 0 Å². The van der Waals surface area contributed by atoms with Gasteiger partial charge >= 0.3 is 0 Å². The third kappa shape index (κ3) is 3.55. The van der Waals surface area contributed by atoms with Crippen LogP contribution in [0, 0.1) is 5.92 Å². The summed E-state index contributed by atoms with van der Waals surface area (Å²) in [5.41, 5.74) is 0. The molecule has 1 aromatic heterocycles. The maximum Gasteiger partial charge on any atom is 0.221 e. The molecule has 2 rings (SSSR count). The van der Waals surface area contributed by atoms with Crippen molar-refractivity contribution in [2.45, 2.75) is 38.1 Å². The molecule has 0 bridgehead atoms. The third-order valence-electron chi connectivity index (χ3n) is 3.36. The Morgan fingerprint density at radius 2 is 2.29 bits per heavy atom. The molecule has 1 saturated carbocycles. The van der Waals surface area contributed by atoms with Crippen LogP contribution >= 0.6 is 27.3 Å². The normalized spacial score (nSPS) is 18.2. The molecule has 1 N–H and O–H groups in total. The number of amides is 1. The largest absolute Gasteiger partial charge is 0.348 e. The van der Waals surface area contributed by atoms with Gasteiger partial charge in [-0.3, -0.25) is 4.79 Å². The van der Waals surface area contributed by atoms with Gasteiger partial charge in [-0.05, 0) is 30.2 Å². The molecule has 1 heterocycles. The van der Waals surface area contributed by atoms with Gasteiger partial charge in [-0.1, -0.05) is 34.8 Å². The lowest BCUT2D eigenvalue weighted by Gasteiger charge is -2.23. The first-order chi connectivity index (χ1) is 8.31. The first-order valence-corrected chi connectivity index (χ1v) is 8.20. The molecule has 1 amide bonds. The van der Waals surface area contributed by atoms with Crippen LogP contribution in [-0.2, 0) is 4.79 Å². The highest BCUT2D eigenvalue weighted by Gasteiger charge is 2.28. The van der Waals surface area contributed by atoms with Gasteiger partial charge in [0.25, 0.3) is 0 Å². The number of thiophene rings is 1. The van der Waals surface area contributed by atoms with Crippen molar-refractivity contribution in [2.75, 3.05) is 5.33 Å². The molecule has 94 valence electrons. The predicted octanol–water partition coefficient (Wildman–Crippen LogP) is 3.88. The van der Waals surface area contributed by atoms with Crippen molar-refractivity contribution in [3.8, 4) is 0 Å². The zero-order chi connectivity index (χ0) is 12.1. The molecule has 2 nitrogen and oxygen atoms in total. The molecule has 1 atom stereocenters. The molecule has 17 heavy (non-hydrogen) atoms. The third-order valence-corrected chi connectivity index (χ3v) is 4.71. The van der Waals surface area contributed by atoms with Crippen molar-refractivity contribution in [1.29, 1.82) is 0 Å². The van der Waals surface area contributed by atoms with Crippen molar-refractivity contribution < 1.29 is 4.79 Å². The molecule has 0 saturated heterocycles. The lowest BCUT2D eigenvalue weighted by atomic mass is 9.96. The molecule has 1 aliphatic carbocycles. The van der Waals surface area contributed by atoms with Gasteiger partial charge in [0.1, 0.15) is 0 Å². The number of nitrogens with one attached hydrogen (secondary N) is 1. The van der Waals surface area contributed by atoms with Crippen LogP contribution in [0.3, 0.4) is 0 Å². The van der Waals surface area contributed by atoms with Crippen LogP contribution in [0.1, 0.15) is 43.0 Å². The standard InChI is InChI=1S/C13H18BrNOS/c14-8-7-12(16)15-13(10-4-1-2-5-10)11-6-3-9-17-11/h3,6,9-10,13H,1-2,4-5,7-8H2,(H,15,16).